The number of rotatable bonds is 3. The summed E-state index contributed by atoms with van der Waals surface area (Å²) in [5.74, 6) is 0. The van der Waals surface area contributed by atoms with Gasteiger partial charge in [0.15, 0.2) is 0 Å². The third-order valence-corrected chi connectivity index (χ3v) is 4.06. The molecule has 1 rings (SSSR count). The average Bonchev–Trinajstić information content (AvgIpc) is 2.23. The fourth-order valence-corrected chi connectivity index (χ4v) is 3.08. The molecule has 0 aliphatic rings. The first-order chi connectivity index (χ1) is 7.08. The van der Waals surface area contributed by atoms with E-state index in [0.717, 1.165) is 41.0 Å². The van der Waals surface area contributed by atoms with Gasteiger partial charge in [0.05, 0.1) is 10.0 Å². The highest BCUT2D eigenvalue weighted by Gasteiger charge is 2.17. The minimum absolute atomic E-state index is 0.623. The van der Waals surface area contributed by atoms with Crippen LogP contribution in [0.3, 0.4) is 0 Å². The van der Waals surface area contributed by atoms with E-state index in [0.29, 0.717) is 10.0 Å². The van der Waals surface area contributed by atoms with E-state index >= 15 is 0 Å². The van der Waals surface area contributed by atoms with Gasteiger partial charge in [-0.1, -0.05) is 55.6 Å². The lowest BCUT2D eigenvalue weighted by Gasteiger charge is -2.16. The average molecular weight is 266 g/mol. The van der Waals surface area contributed by atoms with Gasteiger partial charge in [0, 0.05) is 5.02 Å². The number of hydrogen-bond donors (Lipinski definition) is 0. The third kappa shape index (κ3) is 2.27. The molecule has 0 heterocycles. The van der Waals surface area contributed by atoms with E-state index in [1.165, 1.54) is 0 Å². The maximum Gasteiger partial charge on any atom is 0.0642 e. The van der Waals surface area contributed by atoms with E-state index in [9.17, 15) is 0 Å². The second kappa shape index (κ2) is 5.43. The lowest BCUT2D eigenvalue weighted by Crippen LogP contribution is -1.99. The first-order valence-corrected chi connectivity index (χ1v) is 6.38. The molecule has 15 heavy (non-hydrogen) atoms. The van der Waals surface area contributed by atoms with E-state index in [2.05, 4.69) is 13.8 Å². The van der Waals surface area contributed by atoms with Crippen molar-refractivity contribution in [3.63, 3.8) is 0 Å². The van der Waals surface area contributed by atoms with Gasteiger partial charge in [0.1, 0.15) is 0 Å². The van der Waals surface area contributed by atoms with E-state index in [-0.39, 0.29) is 0 Å². The van der Waals surface area contributed by atoms with Crippen LogP contribution in [0.5, 0.6) is 0 Å². The molecule has 1 aromatic carbocycles. The van der Waals surface area contributed by atoms with Crippen molar-refractivity contribution in [3.8, 4) is 0 Å². The Bertz CT molecular complexity index is 370. The minimum Gasteiger partial charge on any atom is -0.0837 e. The molecule has 0 unspecified atom stereocenters. The highest BCUT2D eigenvalue weighted by molar-refractivity contribution is 6.44. The Hall–Kier alpha value is 0.0900. The van der Waals surface area contributed by atoms with Crippen molar-refractivity contribution < 1.29 is 0 Å². The van der Waals surface area contributed by atoms with E-state index < -0.39 is 0 Å². The molecule has 0 atom stereocenters. The second-order valence-corrected chi connectivity index (χ2v) is 4.57. The number of halogens is 3. The molecular formula is C12H15Cl3. The zero-order valence-electron chi connectivity index (χ0n) is 9.26. The van der Waals surface area contributed by atoms with Gasteiger partial charge >= 0.3 is 0 Å². The Morgan fingerprint density at radius 1 is 0.600 bits per heavy atom. The largest absolute Gasteiger partial charge is 0.0837 e. The molecule has 0 N–H and O–H groups in total. The molecule has 0 aliphatic carbocycles. The summed E-state index contributed by atoms with van der Waals surface area (Å²) in [4.78, 5) is 0. The zero-order valence-corrected chi connectivity index (χ0v) is 11.5. The van der Waals surface area contributed by atoms with E-state index in [4.69, 9.17) is 34.8 Å². The minimum atomic E-state index is 0.623. The molecule has 0 radical (unpaired) electrons. The first-order valence-electron chi connectivity index (χ1n) is 5.25. The predicted octanol–water partition coefficient (Wildman–Crippen LogP) is 5.33. The van der Waals surface area contributed by atoms with Gasteiger partial charge in [0.25, 0.3) is 0 Å². The van der Waals surface area contributed by atoms with E-state index in [1.807, 2.05) is 6.92 Å². The molecule has 3 heteroatoms. The van der Waals surface area contributed by atoms with Gasteiger partial charge in [-0.2, -0.15) is 0 Å². The van der Waals surface area contributed by atoms with Crippen LogP contribution in [-0.2, 0) is 19.3 Å². The van der Waals surface area contributed by atoms with Crippen LogP contribution in [0, 0.1) is 0 Å². The summed E-state index contributed by atoms with van der Waals surface area (Å²) < 4.78 is 0. The molecule has 0 aliphatic heterocycles. The molecule has 0 saturated carbocycles. The summed E-state index contributed by atoms with van der Waals surface area (Å²) >= 11 is 18.8. The fraction of sp³-hybridized carbons (Fsp3) is 0.500. The van der Waals surface area contributed by atoms with Crippen LogP contribution in [0.2, 0.25) is 15.1 Å². The molecule has 0 aromatic heterocycles. The van der Waals surface area contributed by atoms with Crippen molar-refractivity contribution in [1.29, 1.82) is 0 Å². The Morgan fingerprint density at radius 3 is 1.33 bits per heavy atom. The van der Waals surface area contributed by atoms with Gasteiger partial charge in [-0.25, -0.2) is 0 Å². The summed E-state index contributed by atoms with van der Waals surface area (Å²) in [7, 11) is 0. The molecule has 84 valence electrons. The normalized spacial score (nSPS) is 10.8. The Labute approximate surface area is 107 Å². The summed E-state index contributed by atoms with van der Waals surface area (Å²) in [6, 6.07) is 0. The topological polar surface area (TPSA) is 0 Å². The van der Waals surface area contributed by atoms with E-state index in [1.54, 1.807) is 0 Å². The van der Waals surface area contributed by atoms with Crippen molar-refractivity contribution in [3.05, 3.63) is 31.8 Å². The van der Waals surface area contributed by atoms with Crippen LogP contribution in [-0.4, -0.2) is 0 Å². The molecule has 1 aromatic rings. The SMILES string of the molecule is CCc1c(Cl)c(Cl)c(CC)c(CC)c1Cl. The van der Waals surface area contributed by atoms with Gasteiger partial charge < -0.3 is 0 Å². The Morgan fingerprint density at radius 2 is 0.933 bits per heavy atom. The van der Waals surface area contributed by atoms with Crippen LogP contribution < -0.4 is 0 Å². The lowest BCUT2D eigenvalue weighted by atomic mass is 9.98. The quantitative estimate of drug-likeness (QED) is 0.648. The van der Waals surface area contributed by atoms with Crippen LogP contribution in [0.4, 0.5) is 0 Å². The number of hydrogen-bond acceptors (Lipinski definition) is 0. The zero-order chi connectivity index (χ0) is 11.6. The molecular weight excluding hydrogens is 250 g/mol. The van der Waals surface area contributed by atoms with Crippen molar-refractivity contribution in [2.45, 2.75) is 40.0 Å². The first kappa shape index (κ1) is 13.2. The maximum atomic E-state index is 6.33. The molecule has 0 spiro atoms. The highest BCUT2D eigenvalue weighted by atomic mass is 35.5. The van der Waals surface area contributed by atoms with Gasteiger partial charge in [-0.15, -0.1) is 0 Å². The maximum absolute atomic E-state index is 6.33. The lowest BCUT2D eigenvalue weighted by molar-refractivity contribution is 1.02. The predicted molar refractivity (Wildman–Crippen MR) is 69.6 cm³/mol. The summed E-state index contributed by atoms with van der Waals surface area (Å²) in [5, 5.41) is 2.10. The molecule has 0 amide bonds. The summed E-state index contributed by atoms with van der Waals surface area (Å²) in [6.07, 6.45) is 2.58. The van der Waals surface area contributed by atoms with Crippen LogP contribution >= 0.6 is 34.8 Å². The summed E-state index contributed by atoms with van der Waals surface area (Å²) in [5.41, 5.74) is 3.20. The van der Waals surface area contributed by atoms with Crippen LogP contribution in [0.1, 0.15) is 37.5 Å². The second-order valence-electron chi connectivity index (χ2n) is 3.44. The summed E-state index contributed by atoms with van der Waals surface area (Å²) in [6.45, 7) is 6.19. The molecule has 0 saturated heterocycles. The highest BCUT2D eigenvalue weighted by Crippen LogP contribution is 2.39. The Kier molecular flexibility index (Phi) is 4.76. The third-order valence-electron chi connectivity index (χ3n) is 2.68. The monoisotopic (exact) mass is 264 g/mol. The molecule has 0 nitrogen and oxygen atoms in total. The van der Waals surface area contributed by atoms with Crippen molar-refractivity contribution in [2.24, 2.45) is 0 Å². The van der Waals surface area contributed by atoms with Gasteiger partial charge in [-0.3, -0.25) is 0 Å². The van der Waals surface area contributed by atoms with Gasteiger partial charge in [0.2, 0.25) is 0 Å². The fourth-order valence-electron chi connectivity index (χ4n) is 1.86. The Balaban J connectivity index is 3.57. The van der Waals surface area contributed by atoms with Gasteiger partial charge in [-0.05, 0) is 36.0 Å². The van der Waals surface area contributed by atoms with Crippen molar-refractivity contribution in [2.75, 3.05) is 0 Å². The molecule has 0 fully saturated rings. The smallest absolute Gasteiger partial charge is 0.0642 e. The van der Waals surface area contributed by atoms with Crippen molar-refractivity contribution >= 4 is 34.8 Å². The van der Waals surface area contributed by atoms with Crippen LogP contribution in [0.25, 0.3) is 0 Å². The number of benzene rings is 1. The van der Waals surface area contributed by atoms with Crippen LogP contribution in [0.15, 0.2) is 0 Å². The van der Waals surface area contributed by atoms with Crippen molar-refractivity contribution in [1.82, 2.24) is 0 Å². The standard InChI is InChI=1S/C12H15Cl3/c1-4-7-8(5-2)11(14)12(15)9(6-3)10(7)13/h4-6H2,1-3H3. The molecule has 0 bridgehead atoms.